The smallest absolute Gasteiger partial charge is 0.166 e. The average molecular weight is 312 g/mol. The first-order valence-electron chi connectivity index (χ1n) is 7.90. The lowest BCUT2D eigenvalue weighted by atomic mass is 10.0. The summed E-state index contributed by atoms with van der Waals surface area (Å²) in [4.78, 5) is 0. The Labute approximate surface area is 139 Å². The van der Waals surface area contributed by atoms with Crippen molar-refractivity contribution in [2.75, 3.05) is 6.54 Å². The first-order chi connectivity index (χ1) is 10.7. The number of nitrogens with one attached hydrogen (secondary N) is 2. The Hall–Kier alpha value is -1.87. The van der Waals surface area contributed by atoms with Gasteiger partial charge in [-0.3, -0.25) is 0 Å². The molecular weight excluding hydrogens is 288 g/mol. The van der Waals surface area contributed by atoms with Crippen molar-refractivity contribution in [2.24, 2.45) is 0 Å². The normalized spacial score (nSPS) is 11.7. The summed E-state index contributed by atoms with van der Waals surface area (Å²) in [6, 6.07) is 19.3. The molecular formula is C19H24N2S. The van der Waals surface area contributed by atoms with Crippen LogP contribution in [0.3, 0.4) is 0 Å². The molecule has 0 saturated heterocycles. The number of rotatable bonds is 6. The predicted molar refractivity (Wildman–Crippen MR) is 98.9 cm³/mol. The highest BCUT2D eigenvalue weighted by Crippen LogP contribution is 2.21. The van der Waals surface area contributed by atoms with Crippen molar-refractivity contribution in [3.63, 3.8) is 0 Å². The Morgan fingerprint density at radius 3 is 2.27 bits per heavy atom. The Kier molecular flexibility index (Phi) is 6.41. The van der Waals surface area contributed by atoms with Crippen molar-refractivity contribution in [1.82, 2.24) is 10.6 Å². The van der Waals surface area contributed by atoms with E-state index in [0.717, 1.165) is 18.1 Å². The zero-order valence-corrected chi connectivity index (χ0v) is 14.1. The van der Waals surface area contributed by atoms with E-state index in [9.17, 15) is 0 Å². The van der Waals surface area contributed by atoms with E-state index in [-0.39, 0.29) is 6.04 Å². The minimum Gasteiger partial charge on any atom is -0.363 e. The third-order valence-electron chi connectivity index (χ3n) is 3.68. The van der Waals surface area contributed by atoms with E-state index in [4.69, 9.17) is 12.2 Å². The molecule has 0 aliphatic carbocycles. The second-order valence-corrected chi connectivity index (χ2v) is 5.87. The van der Waals surface area contributed by atoms with Crippen LogP contribution in [-0.4, -0.2) is 11.7 Å². The fourth-order valence-electron chi connectivity index (χ4n) is 2.30. The van der Waals surface area contributed by atoms with Crippen LogP contribution in [0.1, 0.15) is 38.3 Å². The molecule has 0 aliphatic rings. The summed E-state index contributed by atoms with van der Waals surface area (Å²) >= 11 is 5.32. The fourth-order valence-corrected chi connectivity index (χ4v) is 2.58. The van der Waals surface area contributed by atoms with Crippen molar-refractivity contribution in [1.29, 1.82) is 0 Å². The van der Waals surface area contributed by atoms with Crippen molar-refractivity contribution in [2.45, 2.75) is 32.7 Å². The predicted octanol–water partition coefficient (Wildman–Crippen LogP) is 4.68. The van der Waals surface area contributed by atoms with Crippen LogP contribution in [0.25, 0.3) is 11.1 Å². The molecule has 3 heteroatoms. The van der Waals surface area contributed by atoms with Gasteiger partial charge in [-0.25, -0.2) is 0 Å². The molecule has 0 radical (unpaired) electrons. The fraction of sp³-hybridized carbons (Fsp3) is 0.316. The molecule has 116 valence electrons. The van der Waals surface area contributed by atoms with Crippen molar-refractivity contribution >= 4 is 17.3 Å². The van der Waals surface area contributed by atoms with Crippen molar-refractivity contribution in [3.05, 3.63) is 60.2 Å². The van der Waals surface area contributed by atoms with E-state index in [1.807, 2.05) is 6.07 Å². The highest BCUT2D eigenvalue weighted by molar-refractivity contribution is 7.80. The van der Waals surface area contributed by atoms with E-state index < -0.39 is 0 Å². The molecule has 2 nitrogen and oxygen atoms in total. The van der Waals surface area contributed by atoms with Gasteiger partial charge in [-0.15, -0.1) is 0 Å². The highest BCUT2D eigenvalue weighted by Gasteiger charge is 2.07. The highest BCUT2D eigenvalue weighted by atomic mass is 32.1. The molecule has 2 rings (SSSR count). The molecule has 0 amide bonds. The average Bonchev–Trinajstić information content (AvgIpc) is 2.56. The van der Waals surface area contributed by atoms with E-state index in [2.05, 4.69) is 73.0 Å². The Balaban J connectivity index is 1.94. The molecule has 0 bridgehead atoms. The maximum Gasteiger partial charge on any atom is 0.166 e. The van der Waals surface area contributed by atoms with Crippen molar-refractivity contribution in [3.8, 4) is 11.1 Å². The van der Waals surface area contributed by atoms with Gasteiger partial charge in [0.2, 0.25) is 0 Å². The SMILES string of the molecule is CCCCNC(=S)N[C@H](C)c1ccc(-c2ccccc2)cc1. The number of benzene rings is 2. The van der Waals surface area contributed by atoms with Crippen LogP contribution in [0.4, 0.5) is 0 Å². The Bertz CT molecular complexity index is 578. The maximum atomic E-state index is 5.32. The third-order valence-corrected chi connectivity index (χ3v) is 3.94. The van der Waals surface area contributed by atoms with Gasteiger partial charge in [-0.05, 0) is 42.3 Å². The quantitative estimate of drug-likeness (QED) is 0.598. The maximum absolute atomic E-state index is 5.32. The molecule has 0 aromatic heterocycles. The van der Waals surface area contributed by atoms with E-state index in [1.54, 1.807) is 0 Å². The van der Waals surface area contributed by atoms with Crippen LogP contribution < -0.4 is 10.6 Å². The molecule has 0 fully saturated rings. The molecule has 2 N–H and O–H groups in total. The van der Waals surface area contributed by atoms with Gasteiger partial charge in [-0.2, -0.15) is 0 Å². The second-order valence-electron chi connectivity index (χ2n) is 5.46. The third kappa shape index (κ3) is 4.85. The summed E-state index contributed by atoms with van der Waals surface area (Å²) in [7, 11) is 0. The number of hydrogen-bond acceptors (Lipinski definition) is 1. The topological polar surface area (TPSA) is 24.1 Å². The van der Waals surface area contributed by atoms with Crippen LogP contribution in [0.15, 0.2) is 54.6 Å². The van der Waals surface area contributed by atoms with Crippen molar-refractivity contribution < 1.29 is 0 Å². The molecule has 2 aromatic carbocycles. The minimum absolute atomic E-state index is 0.200. The minimum atomic E-state index is 0.200. The Morgan fingerprint density at radius 2 is 1.64 bits per heavy atom. The van der Waals surface area contributed by atoms with Gasteiger partial charge in [0.25, 0.3) is 0 Å². The van der Waals surface area contributed by atoms with Crippen LogP contribution in [0.5, 0.6) is 0 Å². The van der Waals surface area contributed by atoms with Crippen LogP contribution >= 0.6 is 12.2 Å². The van der Waals surface area contributed by atoms with Gasteiger partial charge in [0.15, 0.2) is 5.11 Å². The summed E-state index contributed by atoms with van der Waals surface area (Å²) in [5, 5.41) is 7.31. The van der Waals surface area contributed by atoms with Gasteiger partial charge in [0, 0.05) is 6.54 Å². The zero-order chi connectivity index (χ0) is 15.8. The van der Waals surface area contributed by atoms with Gasteiger partial charge in [0.05, 0.1) is 6.04 Å². The summed E-state index contributed by atoms with van der Waals surface area (Å²) in [6.45, 7) is 5.24. The van der Waals surface area contributed by atoms with Crippen LogP contribution in [0.2, 0.25) is 0 Å². The standard InChI is InChI=1S/C19H24N2S/c1-3-4-14-20-19(22)21-15(2)16-10-12-18(13-11-16)17-8-6-5-7-9-17/h5-13,15H,3-4,14H2,1-2H3,(H2,20,21,22)/t15-/m1/s1. The lowest BCUT2D eigenvalue weighted by molar-refractivity contribution is 0.683. The molecule has 0 aliphatic heterocycles. The molecule has 1 atom stereocenters. The van der Waals surface area contributed by atoms with Crippen LogP contribution in [0, 0.1) is 0 Å². The van der Waals surface area contributed by atoms with E-state index in [0.29, 0.717) is 0 Å². The number of thiocarbonyl (C=S) groups is 1. The van der Waals surface area contributed by atoms with Gasteiger partial charge >= 0.3 is 0 Å². The van der Waals surface area contributed by atoms with Crippen LogP contribution in [-0.2, 0) is 0 Å². The summed E-state index contributed by atoms with van der Waals surface area (Å²) < 4.78 is 0. The zero-order valence-electron chi connectivity index (χ0n) is 13.3. The number of hydrogen-bond donors (Lipinski definition) is 2. The monoisotopic (exact) mass is 312 g/mol. The summed E-state index contributed by atoms with van der Waals surface area (Å²) in [6.07, 6.45) is 2.31. The molecule has 0 saturated carbocycles. The van der Waals surface area contributed by atoms with Gasteiger partial charge in [-0.1, -0.05) is 67.9 Å². The van der Waals surface area contributed by atoms with Gasteiger partial charge in [0.1, 0.15) is 0 Å². The van der Waals surface area contributed by atoms with E-state index in [1.165, 1.54) is 23.1 Å². The molecule has 2 aromatic rings. The first kappa shape index (κ1) is 16.5. The molecule has 0 unspecified atom stereocenters. The Morgan fingerprint density at radius 1 is 1.00 bits per heavy atom. The summed E-state index contributed by atoms with van der Waals surface area (Å²) in [5.41, 5.74) is 3.71. The largest absolute Gasteiger partial charge is 0.363 e. The van der Waals surface area contributed by atoms with E-state index >= 15 is 0 Å². The molecule has 22 heavy (non-hydrogen) atoms. The lowest BCUT2D eigenvalue weighted by Crippen LogP contribution is -2.37. The first-order valence-corrected chi connectivity index (χ1v) is 8.31. The molecule has 0 heterocycles. The van der Waals surface area contributed by atoms with Gasteiger partial charge < -0.3 is 10.6 Å². The summed E-state index contributed by atoms with van der Waals surface area (Å²) in [5.74, 6) is 0. The second kappa shape index (κ2) is 8.54. The molecule has 0 spiro atoms. The number of unbranched alkanes of at least 4 members (excludes halogenated alkanes) is 1. The lowest BCUT2D eigenvalue weighted by Gasteiger charge is -2.17.